The quantitative estimate of drug-likeness (QED) is 0.816. The van der Waals surface area contributed by atoms with Crippen LogP contribution in [-0.4, -0.2) is 9.54 Å². The SMILES string of the molecule is [O-][S+](Cc1ccccc1)c1ccc(Br)cn1. The summed E-state index contributed by atoms with van der Waals surface area (Å²) in [7, 11) is 0. The molecule has 0 N–H and O–H groups in total. The van der Waals surface area contributed by atoms with Gasteiger partial charge < -0.3 is 4.55 Å². The lowest BCUT2D eigenvalue weighted by molar-refractivity contribution is 0.590. The number of rotatable bonds is 3. The Kier molecular flexibility index (Phi) is 3.98. The van der Waals surface area contributed by atoms with E-state index in [1.54, 1.807) is 12.3 Å². The van der Waals surface area contributed by atoms with Crippen molar-refractivity contribution in [2.45, 2.75) is 10.8 Å². The van der Waals surface area contributed by atoms with Crippen molar-refractivity contribution in [3.63, 3.8) is 0 Å². The van der Waals surface area contributed by atoms with E-state index in [2.05, 4.69) is 20.9 Å². The van der Waals surface area contributed by atoms with E-state index in [1.807, 2.05) is 36.4 Å². The maximum atomic E-state index is 12.0. The zero-order valence-corrected chi connectivity index (χ0v) is 10.9. The first-order chi connectivity index (χ1) is 7.75. The molecule has 0 radical (unpaired) electrons. The second-order valence-electron chi connectivity index (χ2n) is 3.29. The summed E-state index contributed by atoms with van der Waals surface area (Å²) < 4.78 is 12.9. The second kappa shape index (κ2) is 5.48. The molecule has 0 aliphatic carbocycles. The summed E-state index contributed by atoms with van der Waals surface area (Å²) in [6.45, 7) is 0. The Hall–Kier alpha value is -0.840. The predicted octanol–water partition coefficient (Wildman–Crippen LogP) is 3.15. The van der Waals surface area contributed by atoms with Gasteiger partial charge in [0.05, 0.1) is 0 Å². The van der Waals surface area contributed by atoms with Gasteiger partial charge in [0.25, 0.3) is 0 Å². The fraction of sp³-hybridized carbons (Fsp3) is 0.0833. The fourth-order valence-corrected chi connectivity index (χ4v) is 2.56. The van der Waals surface area contributed by atoms with Crippen LogP contribution in [-0.2, 0) is 16.9 Å². The fourth-order valence-electron chi connectivity index (χ4n) is 1.30. The number of aromatic nitrogens is 1. The molecule has 4 heteroatoms. The number of pyridine rings is 1. The Balaban J connectivity index is 2.09. The Bertz CT molecular complexity index is 446. The summed E-state index contributed by atoms with van der Waals surface area (Å²) in [6.07, 6.45) is 1.66. The summed E-state index contributed by atoms with van der Waals surface area (Å²) in [4.78, 5) is 4.13. The molecule has 0 aliphatic rings. The highest BCUT2D eigenvalue weighted by molar-refractivity contribution is 9.10. The van der Waals surface area contributed by atoms with Gasteiger partial charge in [0.15, 0.2) is 0 Å². The lowest BCUT2D eigenvalue weighted by Crippen LogP contribution is -2.06. The molecular weight excluding hydrogens is 286 g/mol. The van der Waals surface area contributed by atoms with E-state index in [0.717, 1.165) is 10.0 Å². The van der Waals surface area contributed by atoms with Crippen LogP contribution < -0.4 is 0 Å². The molecule has 1 atom stereocenters. The van der Waals surface area contributed by atoms with E-state index in [4.69, 9.17) is 0 Å². The molecular formula is C12H10BrNOS. The third-order valence-corrected chi connectivity index (χ3v) is 3.85. The molecule has 82 valence electrons. The predicted molar refractivity (Wildman–Crippen MR) is 68.5 cm³/mol. The molecule has 0 saturated carbocycles. The minimum absolute atomic E-state index is 0.509. The second-order valence-corrected chi connectivity index (χ2v) is 5.60. The highest BCUT2D eigenvalue weighted by atomic mass is 79.9. The van der Waals surface area contributed by atoms with E-state index in [9.17, 15) is 4.55 Å². The third kappa shape index (κ3) is 3.07. The third-order valence-electron chi connectivity index (χ3n) is 2.07. The van der Waals surface area contributed by atoms with Crippen molar-refractivity contribution >= 4 is 27.1 Å². The van der Waals surface area contributed by atoms with Gasteiger partial charge in [-0.1, -0.05) is 30.3 Å². The monoisotopic (exact) mass is 295 g/mol. The van der Waals surface area contributed by atoms with Crippen molar-refractivity contribution < 1.29 is 4.55 Å². The molecule has 1 unspecified atom stereocenters. The number of nitrogens with zero attached hydrogens (tertiary/aromatic N) is 1. The van der Waals surface area contributed by atoms with Gasteiger partial charge in [-0.25, -0.2) is 4.98 Å². The Morgan fingerprint density at radius 2 is 1.88 bits per heavy atom. The molecule has 2 rings (SSSR count). The van der Waals surface area contributed by atoms with Crippen LogP contribution >= 0.6 is 15.9 Å². The van der Waals surface area contributed by atoms with Crippen LogP contribution in [0.4, 0.5) is 0 Å². The lowest BCUT2D eigenvalue weighted by atomic mass is 10.2. The molecule has 0 saturated heterocycles. The van der Waals surface area contributed by atoms with E-state index in [0.29, 0.717) is 10.8 Å². The molecule has 0 spiro atoms. The van der Waals surface area contributed by atoms with Crippen LogP contribution in [0, 0.1) is 0 Å². The number of hydrogen-bond donors (Lipinski definition) is 0. The normalized spacial score (nSPS) is 12.4. The van der Waals surface area contributed by atoms with Gasteiger partial charge in [-0.05, 0) is 22.0 Å². The van der Waals surface area contributed by atoms with Crippen LogP contribution in [0.5, 0.6) is 0 Å². The number of halogens is 1. The molecule has 0 aliphatic heterocycles. The zero-order valence-electron chi connectivity index (χ0n) is 8.47. The van der Waals surface area contributed by atoms with Gasteiger partial charge in [-0.15, -0.1) is 0 Å². The van der Waals surface area contributed by atoms with Crippen LogP contribution in [0.1, 0.15) is 5.56 Å². The number of benzene rings is 1. The number of hydrogen-bond acceptors (Lipinski definition) is 2. The molecule has 1 aromatic heterocycles. The average molecular weight is 296 g/mol. The summed E-state index contributed by atoms with van der Waals surface area (Å²) in [5.41, 5.74) is 1.06. The zero-order chi connectivity index (χ0) is 11.4. The first-order valence-corrected chi connectivity index (χ1v) is 6.91. The van der Waals surface area contributed by atoms with Crippen molar-refractivity contribution in [2.24, 2.45) is 0 Å². The molecule has 16 heavy (non-hydrogen) atoms. The van der Waals surface area contributed by atoms with Crippen LogP contribution in [0.15, 0.2) is 58.2 Å². The summed E-state index contributed by atoms with van der Waals surface area (Å²) >= 11 is 2.23. The average Bonchev–Trinajstić information content (AvgIpc) is 2.31. The van der Waals surface area contributed by atoms with Crippen LogP contribution in [0.2, 0.25) is 0 Å². The summed E-state index contributed by atoms with van der Waals surface area (Å²) in [5.74, 6) is 0.509. The van der Waals surface area contributed by atoms with E-state index < -0.39 is 11.2 Å². The lowest BCUT2D eigenvalue weighted by Gasteiger charge is -2.08. The van der Waals surface area contributed by atoms with Gasteiger partial charge in [0.1, 0.15) is 5.75 Å². The van der Waals surface area contributed by atoms with Gasteiger partial charge in [0.2, 0.25) is 5.03 Å². The standard InChI is InChI=1S/C12H10BrNOS/c13-11-6-7-12(14-8-11)16(15)9-10-4-2-1-3-5-10/h1-8H,9H2. The van der Waals surface area contributed by atoms with Crippen LogP contribution in [0.25, 0.3) is 0 Å². The van der Waals surface area contributed by atoms with Crippen molar-refractivity contribution in [1.29, 1.82) is 0 Å². The molecule has 1 heterocycles. The van der Waals surface area contributed by atoms with Crippen molar-refractivity contribution in [1.82, 2.24) is 4.98 Å². The molecule has 0 amide bonds. The van der Waals surface area contributed by atoms with E-state index >= 15 is 0 Å². The first kappa shape index (κ1) is 11.6. The largest absolute Gasteiger partial charge is 0.610 e. The van der Waals surface area contributed by atoms with Crippen molar-refractivity contribution in [2.75, 3.05) is 0 Å². The van der Waals surface area contributed by atoms with Gasteiger partial charge in [-0.3, -0.25) is 0 Å². The minimum Gasteiger partial charge on any atom is -0.610 e. The minimum atomic E-state index is -1.07. The Morgan fingerprint density at radius 1 is 1.12 bits per heavy atom. The van der Waals surface area contributed by atoms with E-state index in [1.165, 1.54) is 0 Å². The maximum absolute atomic E-state index is 12.0. The molecule has 2 aromatic rings. The van der Waals surface area contributed by atoms with Gasteiger partial charge >= 0.3 is 0 Å². The van der Waals surface area contributed by atoms with Gasteiger partial charge in [0, 0.05) is 33.5 Å². The highest BCUT2D eigenvalue weighted by Gasteiger charge is 2.12. The highest BCUT2D eigenvalue weighted by Crippen LogP contribution is 2.16. The van der Waals surface area contributed by atoms with Crippen molar-refractivity contribution in [3.05, 3.63) is 58.7 Å². The summed E-state index contributed by atoms with van der Waals surface area (Å²) in [5, 5.41) is 0.618. The first-order valence-electron chi connectivity index (χ1n) is 4.79. The topological polar surface area (TPSA) is 36.0 Å². The molecule has 0 fully saturated rings. The molecule has 1 aromatic carbocycles. The Labute approximate surface area is 106 Å². The van der Waals surface area contributed by atoms with Crippen molar-refractivity contribution in [3.8, 4) is 0 Å². The maximum Gasteiger partial charge on any atom is 0.244 e. The molecule has 0 bridgehead atoms. The Morgan fingerprint density at radius 3 is 2.50 bits per heavy atom. The van der Waals surface area contributed by atoms with Crippen LogP contribution in [0.3, 0.4) is 0 Å². The smallest absolute Gasteiger partial charge is 0.244 e. The van der Waals surface area contributed by atoms with Gasteiger partial charge in [-0.2, -0.15) is 0 Å². The summed E-state index contributed by atoms with van der Waals surface area (Å²) in [6, 6.07) is 13.4. The molecule has 2 nitrogen and oxygen atoms in total. The van der Waals surface area contributed by atoms with E-state index in [-0.39, 0.29) is 0 Å².